The van der Waals surface area contributed by atoms with Crippen LogP contribution in [-0.2, 0) is 12.8 Å². The summed E-state index contributed by atoms with van der Waals surface area (Å²) in [5.41, 5.74) is 5.49. The summed E-state index contributed by atoms with van der Waals surface area (Å²) in [5.74, 6) is 7.21. The number of aryl methyl sites for hydroxylation is 2. The molecule has 0 N–H and O–H groups in total. The number of unbranched alkanes of at least 4 members (excludes halogenated alkanes) is 5. The molecule has 2 aromatic carbocycles. The molecule has 0 aromatic heterocycles. The Hall–Kier alpha value is -2.00. The van der Waals surface area contributed by atoms with Gasteiger partial charge >= 0.3 is 0 Å². The lowest BCUT2D eigenvalue weighted by Crippen LogP contribution is -1.89. The largest absolute Gasteiger partial charge is 0.0979 e. The highest BCUT2D eigenvalue weighted by Gasteiger charge is 1.98. The molecule has 0 heteroatoms. The quantitative estimate of drug-likeness (QED) is 0.301. The zero-order valence-electron chi connectivity index (χ0n) is 17.6. The van der Waals surface area contributed by atoms with Gasteiger partial charge < -0.3 is 0 Å². The van der Waals surface area contributed by atoms with Crippen LogP contribution >= 0.6 is 0 Å². The third-order valence-corrected chi connectivity index (χ3v) is 5.17. The van der Waals surface area contributed by atoms with Crippen molar-refractivity contribution in [3.63, 3.8) is 0 Å². The highest BCUT2D eigenvalue weighted by atomic mass is 14.0. The van der Waals surface area contributed by atoms with Crippen LogP contribution in [-0.4, -0.2) is 0 Å². The van der Waals surface area contributed by atoms with Crippen LogP contribution in [0.5, 0.6) is 0 Å². The highest BCUT2D eigenvalue weighted by molar-refractivity contribution is 5.36. The van der Waals surface area contributed by atoms with Crippen molar-refractivity contribution in [3.05, 3.63) is 70.8 Å². The zero-order valence-corrected chi connectivity index (χ0v) is 17.6. The van der Waals surface area contributed by atoms with Gasteiger partial charge in [0.25, 0.3) is 0 Å². The van der Waals surface area contributed by atoms with E-state index in [1.165, 1.54) is 68.1 Å². The molecular weight excluding hydrogens is 324 g/mol. The van der Waals surface area contributed by atoms with Crippen LogP contribution in [0.3, 0.4) is 0 Å². The van der Waals surface area contributed by atoms with Crippen LogP contribution in [0.2, 0.25) is 0 Å². The molecule has 0 heterocycles. The molecule has 2 aromatic rings. The summed E-state index contributed by atoms with van der Waals surface area (Å²) in [6.07, 6.45) is 11.1. The second-order valence-corrected chi connectivity index (χ2v) is 7.91. The smallest absolute Gasteiger partial charge is 0.0245 e. The summed E-state index contributed by atoms with van der Waals surface area (Å²) in [6.45, 7) is 6.71. The first-order chi connectivity index (χ1) is 13.2. The predicted octanol–water partition coefficient (Wildman–Crippen LogP) is 7.70. The lowest BCUT2D eigenvalue weighted by Gasteiger charge is -2.04. The Kier molecular flexibility index (Phi) is 9.78. The van der Waals surface area contributed by atoms with E-state index >= 15 is 0 Å². The van der Waals surface area contributed by atoms with Gasteiger partial charge in [-0.05, 0) is 66.8 Å². The monoisotopic (exact) mass is 360 g/mol. The number of rotatable bonds is 10. The van der Waals surface area contributed by atoms with Crippen molar-refractivity contribution in [2.75, 3.05) is 0 Å². The lowest BCUT2D eigenvalue weighted by atomic mass is 10.0. The Morgan fingerprint density at radius 3 is 1.85 bits per heavy atom. The van der Waals surface area contributed by atoms with E-state index in [1.807, 2.05) is 0 Å². The number of hydrogen-bond donors (Lipinski definition) is 0. The van der Waals surface area contributed by atoms with Gasteiger partial charge in [0.2, 0.25) is 0 Å². The SMILES string of the molecule is CCCCCc1ccc(CCCCCC#Cc2ccc(C(C)C)cc2)cc1. The Labute approximate surface area is 167 Å². The fraction of sp³-hybridized carbons (Fsp3) is 0.481. The summed E-state index contributed by atoms with van der Waals surface area (Å²) in [4.78, 5) is 0. The van der Waals surface area contributed by atoms with Crippen LogP contribution in [0.15, 0.2) is 48.5 Å². The molecule has 0 spiro atoms. The van der Waals surface area contributed by atoms with Crippen LogP contribution in [0, 0.1) is 11.8 Å². The Bertz CT molecular complexity index is 692. The van der Waals surface area contributed by atoms with Crippen molar-refractivity contribution in [1.29, 1.82) is 0 Å². The van der Waals surface area contributed by atoms with Crippen molar-refractivity contribution >= 4 is 0 Å². The van der Waals surface area contributed by atoms with E-state index in [4.69, 9.17) is 0 Å². The topological polar surface area (TPSA) is 0 Å². The van der Waals surface area contributed by atoms with Crippen molar-refractivity contribution in [1.82, 2.24) is 0 Å². The van der Waals surface area contributed by atoms with E-state index in [1.54, 1.807) is 0 Å². The lowest BCUT2D eigenvalue weighted by molar-refractivity contribution is 0.692. The fourth-order valence-corrected chi connectivity index (χ4v) is 3.29. The van der Waals surface area contributed by atoms with Gasteiger partial charge in [-0.15, -0.1) is 0 Å². The molecule has 27 heavy (non-hydrogen) atoms. The van der Waals surface area contributed by atoms with Crippen LogP contribution < -0.4 is 0 Å². The molecule has 2 rings (SSSR count). The molecule has 144 valence electrons. The Balaban J connectivity index is 1.61. The van der Waals surface area contributed by atoms with Gasteiger partial charge in [-0.2, -0.15) is 0 Å². The zero-order chi connectivity index (χ0) is 19.3. The van der Waals surface area contributed by atoms with Crippen LogP contribution in [0.1, 0.15) is 93.9 Å². The van der Waals surface area contributed by atoms with Crippen LogP contribution in [0.4, 0.5) is 0 Å². The standard InChI is InChI=1S/C27H36/c1-4-5-9-12-24-15-17-25(18-16-24)13-10-7-6-8-11-14-26-19-21-27(22-20-26)23(2)3/h15-23H,4-10,12-13H2,1-3H3. The predicted molar refractivity (Wildman–Crippen MR) is 119 cm³/mol. The molecule has 0 amide bonds. The highest BCUT2D eigenvalue weighted by Crippen LogP contribution is 2.14. The molecule has 0 unspecified atom stereocenters. The minimum Gasteiger partial charge on any atom is -0.0979 e. The van der Waals surface area contributed by atoms with E-state index in [9.17, 15) is 0 Å². The van der Waals surface area contributed by atoms with Gasteiger partial charge in [0.1, 0.15) is 0 Å². The summed E-state index contributed by atoms with van der Waals surface area (Å²) in [7, 11) is 0. The molecule has 0 atom stereocenters. The Morgan fingerprint density at radius 1 is 0.704 bits per heavy atom. The minimum atomic E-state index is 0.587. The first-order valence-electron chi connectivity index (χ1n) is 10.9. The van der Waals surface area contributed by atoms with E-state index in [2.05, 4.69) is 81.1 Å². The van der Waals surface area contributed by atoms with E-state index in [-0.39, 0.29) is 0 Å². The summed E-state index contributed by atoms with van der Waals surface area (Å²) >= 11 is 0. The molecule has 0 saturated carbocycles. The normalized spacial score (nSPS) is 10.7. The summed E-state index contributed by atoms with van der Waals surface area (Å²) < 4.78 is 0. The molecular formula is C27H36. The second kappa shape index (κ2) is 12.4. The van der Waals surface area contributed by atoms with E-state index in [0.717, 1.165) is 12.0 Å². The number of benzene rings is 2. The Morgan fingerprint density at radius 2 is 1.30 bits per heavy atom. The third-order valence-electron chi connectivity index (χ3n) is 5.17. The molecule has 0 aliphatic rings. The maximum absolute atomic E-state index is 3.33. The fourth-order valence-electron chi connectivity index (χ4n) is 3.29. The molecule has 0 aliphatic heterocycles. The third kappa shape index (κ3) is 8.49. The maximum atomic E-state index is 3.33. The van der Waals surface area contributed by atoms with E-state index < -0.39 is 0 Å². The minimum absolute atomic E-state index is 0.587. The van der Waals surface area contributed by atoms with Crippen LogP contribution in [0.25, 0.3) is 0 Å². The second-order valence-electron chi connectivity index (χ2n) is 7.91. The molecule has 0 saturated heterocycles. The maximum Gasteiger partial charge on any atom is 0.0245 e. The number of hydrogen-bond acceptors (Lipinski definition) is 0. The van der Waals surface area contributed by atoms with Gasteiger partial charge in [-0.3, -0.25) is 0 Å². The molecule has 0 radical (unpaired) electrons. The van der Waals surface area contributed by atoms with Crippen molar-refractivity contribution in [3.8, 4) is 11.8 Å². The van der Waals surface area contributed by atoms with Crippen molar-refractivity contribution in [2.45, 2.75) is 84.5 Å². The molecule has 0 bridgehead atoms. The van der Waals surface area contributed by atoms with Crippen molar-refractivity contribution < 1.29 is 0 Å². The average Bonchev–Trinajstić information content (AvgIpc) is 2.69. The van der Waals surface area contributed by atoms with E-state index in [0.29, 0.717) is 5.92 Å². The summed E-state index contributed by atoms with van der Waals surface area (Å²) in [6, 6.07) is 18.0. The molecule has 0 fully saturated rings. The van der Waals surface area contributed by atoms with Gasteiger partial charge in [0, 0.05) is 12.0 Å². The first kappa shape index (κ1) is 21.3. The summed E-state index contributed by atoms with van der Waals surface area (Å²) in [5, 5.41) is 0. The van der Waals surface area contributed by atoms with Gasteiger partial charge in [0.05, 0.1) is 0 Å². The molecule has 0 aliphatic carbocycles. The van der Waals surface area contributed by atoms with Gasteiger partial charge in [-0.1, -0.05) is 88.3 Å². The average molecular weight is 361 g/mol. The molecule has 0 nitrogen and oxygen atoms in total. The van der Waals surface area contributed by atoms with Gasteiger partial charge in [0.15, 0.2) is 0 Å². The first-order valence-corrected chi connectivity index (χ1v) is 10.9. The van der Waals surface area contributed by atoms with Crippen molar-refractivity contribution in [2.24, 2.45) is 0 Å². The van der Waals surface area contributed by atoms with Gasteiger partial charge in [-0.25, -0.2) is 0 Å².